The molecule has 0 spiro atoms. The molecular formula is C10H17N3O3. The Hall–Kier alpha value is -1.46. The summed E-state index contributed by atoms with van der Waals surface area (Å²) in [5, 5.41) is 9.45. The molecule has 1 unspecified atom stereocenters. The van der Waals surface area contributed by atoms with Crippen LogP contribution in [0.1, 0.15) is 25.7 Å². The zero-order valence-electron chi connectivity index (χ0n) is 9.46. The number of esters is 1. The standard InChI is InChI=1S/C10H17N3O3/c1-16-10(15)5-3-2-4-6-13-7-9(8-14)11-12-13/h8-9H,2-7H2,1H3. The lowest BCUT2D eigenvalue weighted by Crippen LogP contribution is -2.22. The first kappa shape index (κ1) is 12.6. The molecule has 0 saturated carbocycles. The first-order chi connectivity index (χ1) is 7.76. The second kappa shape index (κ2) is 6.92. The fourth-order valence-corrected chi connectivity index (χ4v) is 1.48. The molecule has 1 heterocycles. The van der Waals surface area contributed by atoms with Crippen molar-refractivity contribution in [3.63, 3.8) is 0 Å². The van der Waals surface area contributed by atoms with Gasteiger partial charge in [0.15, 0.2) is 0 Å². The third kappa shape index (κ3) is 4.37. The zero-order chi connectivity index (χ0) is 11.8. The van der Waals surface area contributed by atoms with E-state index >= 15 is 0 Å². The van der Waals surface area contributed by atoms with Crippen LogP contribution >= 0.6 is 0 Å². The number of hydrogen-bond acceptors (Lipinski definition) is 6. The summed E-state index contributed by atoms with van der Waals surface area (Å²) < 4.78 is 4.54. The van der Waals surface area contributed by atoms with Crippen LogP contribution in [0.5, 0.6) is 0 Å². The molecule has 6 heteroatoms. The van der Waals surface area contributed by atoms with Gasteiger partial charge in [-0.2, -0.15) is 5.11 Å². The van der Waals surface area contributed by atoms with Gasteiger partial charge in [0.25, 0.3) is 0 Å². The number of aldehydes is 1. The van der Waals surface area contributed by atoms with Crippen LogP contribution in [-0.4, -0.2) is 43.5 Å². The highest BCUT2D eigenvalue weighted by molar-refractivity contribution is 5.68. The Balaban J connectivity index is 1.98. The van der Waals surface area contributed by atoms with Gasteiger partial charge in [0.2, 0.25) is 0 Å². The van der Waals surface area contributed by atoms with Crippen LogP contribution in [0.15, 0.2) is 10.3 Å². The van der Waals surface area contributed by atoms with Gasteiger partial charge in [-0.05, 0) is 12.8 Å². The lowest BCUT2D eigenvalue weighted by Gasteiger charge is -2.11. The summed E-state index contributed by atoms with van der Waals surface area (Å²) in [5.74, 6) is -0.165. The Labute approximate surface area is 94.6 Å². The highest BCUT2D eigenvalue weighted by atomic mass is 16.5. The van der Waals surface area contributed by atoms with Crippen molar-refractivity contribution in [1.29, 1.82) is 0 Å². The predicted octanol–water partition coefficient (Wildman–Crippen LogP) is 0.970. The van der Waals surface area contributed by atoms with Crippen LogP contribution in [0.25, 0.3) is 0 Å². The zero-order valence-corrected chi connectivity index (χ0v) is 9.46. The number of nitrogens with zero attached hydrogens (tertiary/aromatic N) is 3. The monoisotopic (exact) mass is 227 g/mol. The Bertz CT molecular complexity index is 268. The van der Waals surface area contributed by atoms with Gasteiger partial charge in [-0.25, -0.2) is 0 Å². The maximum Gasteiger partial charge on any atom is 0.305 e. The average Bonchev–Trinajstić information content (AvgIpc) is 2.76. The highest BCUT2D eigenvalue weighted by Crippen LogP contribution is 2.09. The van der Waals surface area contributed by atoms with E-state index in [4.69, 9.17) is 0 Å². The molecule has 0 saturated heterocycles. The molecule has 90 valence electrons. The summed E-state index contributed by atoms with van der Waals surface area (Å²) in [6.07, 6.45) is 4.00. The van der Waals surface area contributed by atoms with Gasteiger partial charge in [0, 0.05) is 13.0 Å². The van der Waals surface area contributed by atoms with Crippen molar-refractivity contribution in [2.45, 2.75) is 31.7 Å². The van der Waals surface area contributed by atoms with Crippen LogP contribution in [0.2, 0.25) is 0 Å². The summed E-state index contributed by atoms with van der Waals surface area (Å²) in [5.41, 5.74) is 0. The summed E-state index contributed by atoms with van der Waals surface area (Å²) >= 11 is 0. The van der Waals surface area contributed by atoms with Crippen LogP contribution in [0.4, 0.5) is 0 Å². The van der Waals surface area contributed by atoms with Crippen molar-refractivity contribution in [2.75, 3.05) is 20.2 Å². The summed E-state index contributed by atoms with van der Waals surface area (Å²) in [4.78, 5) is 21.2. The van der Waals surface area contributed by atoms with Gasteiger partial charge in [0.1, 0.15) is 12.3 Å². The van der Waals surface area contributed by atoms with E-state index in [9.17, 15) is 9.59 Å². The maximum atomic E-state index is 10.8. The van der Waals surface area contributed by atoms with Crippen LogP contribution in [-0.2, 0) is 14.3 Å². The lowest BCUT2D eigenvalue weighted by molar-refractivity contribution is -0.140. The van der Waals surface area contributed by atoms with Crippen LogP contribution < -0.4 is 0 Å². The molecule has 0 aliphatic carbocycles. The van der Waals surface area contributed by atoms with Gasteiger partial charge in [-0.3, -0.25) is 9.80 Å². The van der Waals surface area contributed by atoms with E-state index < -0.39 is 0 Å². The van der Waals surface area contributed by atoms with E-state index in [-0.39, 0.29) is 12.0 Å². The van der Waals surface area contributed by atoms with E-state index in [0.717, 1.165) is 32.1 Å². The molecule has 1 rings (SSSR count). The molecule has 1 aliphatic rings. The molecule has 1 aliphatic heterocycles. The maximum absolute atomic E-state index is 10.8. The summed E-state index contributed by atoms with van der Waals surface area (Å²) in [7, 11) is 1.40. The SMILES string of the molecule is COC(=O)CCCCCN1CC(C=O)N=N1. The number of unbranched alkanes of at least 4 members (excludes halogenated alkanes) is 2. The third-order valence-corrected chi connectivity index (χ3v) is 2.41. The third-order valence-electron chi connectivity index (χ3n) is 2.41. The quantitative estimate of drug-likeness (QED) is 0.369. The first-order valence-corrected chi connectivity index (χ1v) is 5.44. The highest BCUT2D eigenvalue weighted by Gasteiger charge is 2.17. The van der Waals surface area contributed by atoms with Gasteiger partial charge in [0.05, 0.1) is 13.7 Å². The van der Waals surface area contributed by atoms with E-state index in [1.807, 2.05) is 0 Å². The second-order valence-electron chi connectivity index (χ2n) is 3.71. The van der Waals surface area contributed by atoms with E-state index in [1.165, 1.54) is 7.11 Å². The minimum atomic E-state index is -0.296. The molecule has 0 aromatic heterocycles. The number of methoxy groups -OCH3 is 1. The molecule has 0 N–H and O–H groups in total. The smallest absolute Gasteiger partial charge is 0.305 e. The average molecular weight is 227 g/mol. The molecule has 0 radical (unpaired) electrons. The molecule has 0 bridgehead atoms. The van der Waals surface area contributed by atoms with Crippen molar-refractivity contribution in [1.82, 2.24) is 5.01 Å². The fourth-order valence-electron chi connectivity index (χ4n) is 1.48. The second-order valence-corrected chi connectivity index (χ2v) is 3.71. The Morgan fingerprint density at radius 2 is 2.31 bits per heavy atom. The van der Waals surface area contributed by atoms with Crippen molar-refractivity contribution in [3.8, 4) is 0 Å². The first-order valence-electron chi connectivity index (χ1n) is 5.44. The Kier molecular flexibility index (Phi) is 5.45. The van der Waals surface area contributed by atoms with Crippen molar-refractivity contribution >= 4 is 12.3 Å². The summed E-state index contributed by atoms with van der Waals surface area (Å²) in [6, 6.07) is -0.296. The molecule has 0 amide bonds. The van der Waals surface area contributed by atoms with E-state index in [0.29, 0.717) is 13.0 Å². The molecule has 1 atom stereocenters. The van der Waals surface area contributed by atoms with Gasteiger partial charge >= 0.3 is 5.97 Å². The van der Waals surface area contributed by atoms with E-state index in [2.05, 4.69) is 15.1 Å². The number of rotatable bonds is 7. The minimum absolute atomic E-state index is 0.165. The molecular weight excluding hydrogens is 210 g/mol. The normalized spacial score (nSPS) is 18.8. The number of ether oxygens (including phenoxy) is 1. The molecule has 0 fully saturated rings. The van der Waals surface area contributed by atoms with E-state index in [1.54, 1.807) is 5.01 Å². The Morgan fingerprint density at radius 1 is 1.50 bits per heavy atom. The lowest BCUT2D eigenvalue weighted by atomic mass is 10.2. The van der Waals surface area contributed by atoms with Crippen molar-refractivity contribution in [2.24, 2.45) is 10.3 Å². The van der Waals surface area contributed by atoms with Gasteiger partial charge in [-0.15, -0.1) is 0 Å². The number of carbonyl (C=O) groups excluding carboxylic acids is 2. The van der Waals surface area contributed by atoms with Gasteiger partial charge in [-0.1, -0.05) is 11.6 Å². The minimum Gasteiger partial charge on any atom is -0.469 e. The molecule has 16 heavy (non-hydrogen) atoms. The molecule has 6 nitrogen and oxygen atoms in total. The molecule has 0 aromatic rings. The number of carbonyl (C=O) groups is 2. The predicted molar refractivity (Wildman–Crippen MR) is 56.8 cm³/mol. The summed E-state index contributed by atoms with van der Waals surface area (Å²) in [6.45, 7) is 1.37. The van der Waals surface area contributed by atoms with Crippen LogP contribution in [0.3, 0.4) is 0 Å². The van der Waals surface area contributed by atoms with Crippen LogP contribution in [0, 0.1) is 0 Å². The molecule has 0 aromatic carbocycles. The van der Waals surface area contributed by atoms with Gasteiger partial charge < -0.3 is 9.53 Å². The Morgan fingerprint density at radius 3 is 2.94 bits per heavy atom. The van der Waals surface area contributed by atoms with Crippen molar-refractivity contribution < 1.29 is 14.3 Å². The largest absolute Gasteiger partial charge is 0.469 e. The number of hydrogen-bond donors (Lipinski definition) is 0. The topological polar surface area (TPSA) is 71.3 Å². The fraction of sp³-hybridized carbons (Fsp3) is 0.800. The van der Waals surface area contributed by atoms with Crippen molar-refractivity contribution in [3.05, 3.63) is 0 Å².